The molecule has 0 amide bonds. The monoisotopic (exact) mass is 325 g/mol. The van der Waals surface area contributed by atoms with Crippen molar-refractivity contribution in [1.82, 2.24) is 4.98 Å². The third-order valence-electron chi connectivity index (χ3n) is 2.66. The van der Waals surface area contributed by atoms with E-state index >= 15 is 0 Å². The van der Waals surface area contributed by atoms with Crippen LogP contribution in [0.5, 0.6) is 0 Å². The fourth-order valence-corrected chi connectivity index (χ4v) is 3.34. The van der Waals surface area contributed by atoms with Gasteiger partial charge in [-0.15, -0.1) is 0 Å². The van der Waals surface area contributed by atoms with Gasteiger partial charge >= 0.3 is 0 Å². The van der Waals surface area contributed by atoms with E-state index in [1.807, 2.05) is 0 Å². The molecule has 5 nitrogen and oxygen atoms in total. The first-order valence-electron chi connectivity index (χ1n) is 5.85. The molecule has 0 aliphatic carbocycles. The van der Waals surface area contributed by atoms with Crippen LogP contribution in [0.15, 0.2) is 41.4 Å². The van der Waals surface area contributed by atoms with Crippen LogP contribution in [0.4, 0.5) is 10.1 Å². The molecule has 0 aliphatic rings. The van der Waals surface area contributed by atoms with Crippen molar-refractivity contribution in [3.05, 3.63) is 53.6 Å². The topological polar surface area (TPSA) is 85.1 Å². The van der Waals surface area contributed by atoms with Gasteiger partial charge < -0.3 is 5.73 Å². The van der Waals surface area contributed by atoms with E-state index in [0.717, 1.165) is 6.07 Å². The smallest absolute Gasteiger partial charge is 0.262 e. The van der Waals surface area contributed by atoms with Crippen molar-refractivity contribution in [1.29, 1.82) is 0 Å². The molecule has 0 spiro atoms. The number of rotatable bonds is 4. The molecule has 0 unspecified atom stereocenters. The van der Waals surface area contributed by atoms with E-state index in [9.17, 15) is 12.8 Å². The molecular weight excluding hydrogens is 313 g/mol. The summed E-state index contributed by atoms with van der Waals surface area (Å²) in [5, 5.41) is 0. The second kappa shape index (κ2) is 5.74. The average molecular weight is 325 g/mol. The van der Waals surface area contributed by atoms with Crippen molar-refractivity contribution in [3.8, 4) is 0 Å². The zero-order valence-electron chi connectivity index (χ0n) is 11.0. The minimum Gasteiger partial charge on any atom is -0.389 e. The number of nitrogens with zero attached hydrogens (tertiary/aromatic N) is 1. The van der Waals surface area contributed by atoms with E-state index < -0.39 is 15.8 Å². The van der Waals surface area contributed by atoms with E-state index in [0.29, 0.717) is 11.4 Å². The molecule has 21 heavy (non-hydrogen) atoms. The highest BCUT2D eigenvalue weighted by Crippen LogP contribution is 2.22. The summed E-state index contributed by atoms with van der Waals surface area (Å²) < 4.78 is 40.9. The molecule has 2 aromatic rings. The van der Waals surface area contributed by atoms with E-state index in [-0.39, 0.29) is 15.4 Å². The van der Waals surface area contributed by atoms with Gasteiger partial charge in [0.1, 0.15) is 15.7 Å². The highest BCUT2D eigenvalue weighted by atomic mass is 32.2. The Bertz CT molecular complexity index is 807. The molecule has 1 aromatic carbocycles. The van der Waals surface area contributed by atoms with E-state index in [4.69, 9.17) is 18.0 Å². The predicted octanol–water partition coefficient (Wildman–Crippen LogP) is 1.96. The number of aryl methyl sites for hydroxylation is 1. The van der Waals surface area contributed by atoms with Crippen molar-refractivity contribution in [2.45, 2.75) is 11.8 Å². The molecular formula is C13H12FN3O2S2. The van der Waals surface area contributed by atoms with Gasteiger partial charge in [0.05, 0.1) is 11.3 Å². The van der Waals surface area contributed by atoms with Crippen molar-refractivity contribution in [2.24, 2.45) is 5.73 Å². The third kappa shape index (κ3) is 3.34. The molecule has 110 valence electrons. The van der Waals surface area contributed by atoms with Crippen molar-refractivity contribution < 1.29 is 12.8 Å². The zero-order chi connectivity index (χ0) is 15.6. The molecule has 8 heteroatoms. The van der Waals surface area contributed by atoms with Gasteiger partial charge in [0.15, 0.2) is 0 Å². The minimum absolute atomic E-state index is 0.300. The fraction of sp³-hybridized carbons (Fsp3) is 0.0769. The summed E-state index contributed by atoms with van der Waals surface area (Å²) in [6, 6.07) is 6.67. The van der Waals surface area contributed by atoms with Gasteiger partial charge in [-0.05, 0) is 31.2 Å². The summed E-state index contributed by atoms with van der Waals surface area (Å²) >= 11 is 4.73. The van der Waals surface area contributed by atoms with Crippen molar-refractivity contribution >= 4 is 32.9 Å². The van der Waals surface area contributed by atoms with Crippen LogP contribution in [0.3, 0.4) is 0 Å². The summed E-state index contributed by atoms with van der Waals surface area (Å²) in [4.78, 5) is 3.35. The quantitative estimate of drug-likeness (QED) is 0.840. The lowest BCUT2D eigenvalue weighted by Gasteiger charge is -2.12. The summed E-state index contributed by atoms with van der Waals surface area (Å²) in [6.45, 7) is 1.72. The van der Waals surface area contributed by atoms with Gasteiger partial charge in [0.2, 0.25) is 0 Å². The second-order valence-electron chi connectivity index (χ2n) is 4.27. The Morgan fingerprint density at radius 3 is 2.71 bits per heavy atom. The molecule has 1 aromatic heterocycles. The van der Waals surface area contributed by atoms with Crippen LogP contribution in [0.25, 0.3) is 0 Å². The highest BCUT2D eigenvalue weighted by Gasteiger charge is 2.22. The van der Waals surface area contributed by atoms with Crippen LogP contribution >= 0.6 is 12.2 Å². The standard InChI is InChI=1S/C13H12FN3O2S2/c1-8-7-9(5-6-16-8)17-21(18,19)11-4-2-3-10(14)12(11)13(15)20/h2-7H,1H3,(H2,15,20)(H,16,17). The largest absolute Gasteiger partial charge is 0.389 e. The number of aromatic nitrogens is 1. The number of benzene rings is 1. The molecule has 1 heterocycles. The van der Waals surface area contributed by atoms with Crippen LogP contribution in [0.2, 0.25) is 0 Å². The van der Waals surface area contributed by atoms with Crippen LogP contribution in [0, 0.1) is 12.7 Å². The number of nitrogens with one attached hydrogen (secondary N) is 1. The number of halogens is 1. The molecule has 0 radical (unpaired) electrons. The van der Waals surface area contributed by atoms with Gasteiger partial charge in [-0.3, -0.25) is 9.71 Å². The lowest BCUT2D eigenvalue weighted by atomic mass is 10.2. The Hall–Kier alpha value is -2.06. The maximum atomic E-state index is 13.8. The van der Waals surface area contributed by atoms with Crippen molar-refractivity contribution in [2.75, 3.05) is 4.72 Å². The summed E-state index contributed by atoms with van der Waals surface area (Å²) in [7, 11) is -4.01. The number of thiocarbonyl (C=S) groups is 1. The predicted molar refractivity (Wildman–Crippen MR) is 82.1 cm³/mol. The van der Waals surface area contributed by atoms with E-state index in [1.165, 1.54) is 24.4 Å². The van der Waals surface area contributed by atoms with Crippen LogP contribution in [-0.4, -0.2) is 18.4 Å². The highest BCUT2D eigenvalue weighted by molar-refractivity contribution is 7.93. The fourth-order valence-electron chi connectivity index (χ4n) is 1.79. The summed E-state index contributed by atoms with van der Waals surface area (Å²) in [5.74, 6) is -0.781. The Balaban J connectivity index is 2.50. The Morgan fingerprint density at radius 1 is 1.38 bits per heavy atom. The molecule has 2 rings (SSSR count). The number of nitrogens with two attached hydrogens (primary N) is 1. The maximum absolute atomic E-state index is 13.8. The Morgan fingerprint density at radius 2 is 2.10 bits per heavy atom. The SMILES string of the molecule is Cc1cc(NS(=O)(=O)c2cccc(F)c2C(N)=S)ccn1. The first-order valence-corrected chi connectivity index (χ1v) is 7.74. The third-order valence-corrected chi connectivity index (χ3v) is 4.29. The van der Waals surface area contributed by atoms with Gasteiger partial charge in [0.25, 0.3) is 10.0 Å². The maximum Gasteiger partial charge on any atom is 0.262 e. The first kappa shape index (κ1) is 15.3. The minimum atomic E-state index is -4.01. The second-order valence-corrected chi connectivity index (χ2v) is 6.36. The Kier molecular flexibility index (Phi) is 4.19. The van der Waals surface area contributed by atoms with Gasteiger partial charge in [-0.2, -0.15) is 0 Å². The number of sulfonamides is 1. The lowest BCUT2D eigenvalue weighted by Crippen LogP contribution is -2.21. The number of hydrogen-bond donors (Lipinski definition) is 2. The first-order chi connectivity index (χ1) is 9.81. The molecule has 0 aliphatic heterocycles. The molecule has 3 N–H and O–H groups in total. The van der Waals surface area contributed by atoms with E-state index in [1.54, 1.807) is 13.0 Å². The molecule has 0 saturated carbocycles. The normalized spacial score (nSPS) is 11.1. The van der Waals surface area contributed by atoms with E-state index in [2.05, 4.69) is 9.71 Å². The summed E-state index contributed by atoms with van der Waals surface area (Å²) in [6.07, 6.45) is 1.47. The number of pyridine rings is 1. The molecule has 0 fully saturated rings. The number of anilines is 1. The van der Waals surface area contributed by atoms with Crippen LogP contribution < -0.4 is 10.5 Å². The summed E-state index contributed by atoms with van der Waals surface area (Å²) in [5.41, 5.74) is 6.08. The Labute approximate surface area is 127 Å². The van der Waals surface area contributed by atoms with Gasteiger partial charge in [0, 0.05) is 11.9 Å². The molecule has 0 atom stereocenters. The molecule has 0 bridgehead atoms. The lowest BCUT2D eigenvalue weighted by molar-refractivity contribution is 0.594. The van der Waals surface area contributed by atoms with Crippen molar-refractivity contribution in [3.63, 3.8) is 0 Å². The van der Waals surface area contributed by atoms with Gasteiger partial charge in [-0.1, -0.05) is 18.3 Å². The van der Waals surface area contributed by atoms with Crippen LogP contribution in [-0.2, 0) is 10.0 Å². The van der Waals surface area contributed by atoms with Gasteiger partial charge in [-0.25, -0.2) is 12.8 Å². The zero-order valence-corrected chi connectivity index (χ0v) is 12.6. The van der Waals surface area contributed by atoms with Crippen LogP contribution in [0.1, 0.15) is 11.3 Å². The average Bonchev–Trinajstić information content (AvgIpc) is 2.37. The molecule has 0 saturated heterocycles. The number of hydrogen-bond acceptors (Lipinski definition) is 4.